The molecule has 2 heterocycles. The smallest absolute Gasteiger partial charge is 0.0824 e. The number of hydrogen-bond donors (Lipinski definition) is 1. The molecule has 15 heavy (non-hydrogen) atoms. The van der Waals surface area contributed by atoms with Gasteiger partial charge in [-0.15, -0.1) is 0 Å². The van der Waals surface area contributed by atoms with Crippen molar-refractivity contribution in [3.63, 3.8) is 0 Å². The van der Waals surface area contributed by atoms with E-state index in [2.05, 4.69) is 0 Å². The predicted octanol–water partition coefficient (Wildman–Crippen LogP) is 0.579. The topological polar surface area (TPSA) is 47.9 Å². The molecule has 2 fully saturated rings. The van der Waals surface area contributed by atoms with E-state index < -0.39 is 0 Å². The molecule has 4 nitrogen and oxygen atoms in total. The predicted molar refractivity (Wildman–Crippen MR) is 54.7 cm³/mol. The summed E-state index contributed by atoms with van der Waals surface area (Å²) in [6.07, 6.45) is 3.03. The third kappa shape index (κ3) is 3.41. The van der Waals surface area contributed by atoms with Crippen LogP contribution >= 0.6 is 0 Å². The fourth-order valence-corrected chi connectivity index (χ4v) is 2.09. The summed E-state index contributed by atoms with van der Waals surface area (Å²) in [6.45, 7) is 3.32. The number of hydrogen-bond acceptors (Lipinski definition) is 4. The summed E-state index contributed by atoms with van der Waals surface area (Å²) in [5, 5.41) is 9.78. The molecule has 2 aliphatic heterocycles. The van der Waals surface area contributed by atoms with Crippen LogP contribution in [0.1, 0.15) is 19.3 Å². The van der Waals surface area contributed by atoms with Gasteiger partial charge in [-0.05, 0) is 19.3 Å². The molecule has 0 bridgehead atoms. The Morgan fingerprint density at radius 1 is 1.33 bits per heavy atom. The van der Waals surface area contributed by atoms with Gasteiger partial charge in [0, 0.05) is 19.1 Å². The summed E-state index contributed by atoms with van der Waals surface area (Å²) in [5.74, 6) is 0.259. The van der Waals surface area contributed by atoms with Crippen molar-refractivity contribution in [2.75, 3.05) is 33.0 Å². The van der Waals surface area contributed by atoms with E-state index >= 15 is 0 Å². The van der Waals surface area contributed by atoms with Gasteiger partial charge in [0.25, 0.3) is 0 Å². The van der Waals surface area contributed by atoms with Crippen molar-refractivity contribution in [2.45, 2.75) is 31.5 Å². The molecule has 0 radical (unpaired) electrons. The molecule has 4 heteroatoms. The molecule has 0 saturated carbocycles. The molecule has 0 aromatic rings. The maximum Gasteiger partial charge on any atom is 0.0824 e. The standard InChI is InChI=1S/C11H20O4/c12-11(9-3-5-13-6-9)8-14-7-10-2-1-4-15-10/h9-12H,1-8H2. The van der Waals surface area contributed by atoms with E-state index in [1.165, 1.54) is 0 Å². The van der Waals surface area contributed by atoms with Crippen LogP contribution in [0, 0.1) is 5.92 Å². The lowest BCUT2D eigenvalue weighted by atomic mass is 10.0. The highest BCUT2D eigenvalue weighted by Crippen LogP contribution is 2.17. The lowest BCUT2D eigenvalue weighted by Crippen LogP contribution is -2.28. The van der Waals surface area contributed by atoms with Crippen LogP contribution < -0.4 is 0 Å². The number of ether oxygens (including phenoxy) is 3. The van der Waals surface area contributed by atoms with E-state index in [9.17, 15) is 5.11 Å². The van der Waals surface area contributed by atoms with Crippen molar-refractivity contribution >= 4 is 0 Å². The van der Waals surface area contributed by atoms with Gasteiger partial charge in [-0.1, -0.05) is 0 Å². The van der Waals surface area contributed by atoms with Gasteiger partial charge >= 0.3 is 0 Å². The van der Waals surface area contributed by atoms with Crippen LogP contribution in [-0.4, -0.2) is 50.3 Å². The van der Waals surface area contributed by atoms with Crippen LogP contribution in [0.4, 0.5) is 0 Å². The van der Waals surface area contributed by atoms with Crippen LogP contribution in [0.2, 0.25) is 0 Å². The first-order chi connectivity index (χ1) is 7.36. The Bertz CT molecular complexity index is 173. The lowest BCUT2D eigenvalue weighted by Gasteiger charge is -2.17. The molecule has 0 aromatic carbocycles. The second kappa shape index (κ2) is 5.80. The first kappa shape index (κ1) is 11.3. The minimum absolute atomic E-state index is 0.247. The largest absolute Gasteiger partial charge is 0.390 e. The van der Waals surface area contributed by atoms with Gasteiger partial charge in [0.1, 0.15) is 0 Å². The van der Waals surface area contributed by atoms with Crippen LogP contribution in [0.25, 0.3) is 0 Å². The molecule has 2 aliphatic rings. The normalized spacial score (nSPS) is 33.4. The highest BCUT2D eigenvalue weighted by molar-refractivity contribution is 4.72. The average Bonchev–Trinajstić information content (AvgIpc) is 2.90. The summed E-state index contributed by atoms with van der Waals surface area (Å²) in [7, 11) is 0. The van der Waals surface area contributed by atoms with Crippen LogP contribution in [0.3, 0.4) is 0 Å². The third-order valence-electron chi connectivity index (χ3n) is 3.13. The zero-order valence-corrected chi connectivity index (χ0v) is 9.06. The van der Waals surface area contributed by atoms with Crippen molar-refractivity contribution in [1.82, 2.24) is 0 Å². The lowest BCUT2D eigenvalue weighted by molar-refractivity contribution is -0.0338. The van der Waals surface area contributed by atoms with Crippen molar-refractivity contribution < 1.29 is 19.3 Å². The van der Waals surface area contributed by atoms with E-state index in [0.717, 1.165) is 32.5 Å². The van der Waals surface area contributed by atoms with Crippen molar-refractivity contribution in [2.24, 2.45) is 5.92 Å². The van der Waals surface area contributed by atoms with Gasteiger partial charge in [0.15, 0.2) is 0 Å². The van der Waals surface area contributed by atoms with Crippen molar-refractivity contribution in [3.8, 4) is 0 Å². The van der Waals surface area contributed by atoms with E-state index in [0.29, 0.717) is 19.8 Å². The Morgan fingerprint density at radius 3 is 2.93 bits per heavy atom. The molecule has 0 aliphatic carbocycles. The van der Waals surface area contributed by atoms with Crippen molar-refractivity contribution in [3.05, 3.63) is 0 Å². The maximum atomic E-state index is 9.78. The third-order valence-corrected chi connectivity index (χ3v) is 3.13. The quantitative estimate of drug-likeness (QED) is 0.730. The fraction of sp³-hybridized carbons (Fsp3) is 1.00. The molecule has 88 valence electrons. The fourth-order valence-electron chi connectivity index (χ4n) is 2.09. The molecule has 0 spiro atoms. The van der Waals surface area contributed by atoms with Gasteiger partial charge < -0.3 is 19.3 Å². The van der Waals surface area contributed by atoms with E-state index in [1.54, 1.807) is 0 Å². The molecule has 2 saturated heterocycles. The van der Waals surface area contributed by atoms with Gasteiger partial charge in [-0.25, -0.2) is 0 Å². The van der Waals surface area contributed by atoms with Gasteiger partial charge in [-0.2, -0.15) is 0 Å². The molecule has 2 rings (SSSR count). The SMILES string of the molecule is OC(COCC1CCCO1)C1CCOC1. The Morgan fingerprint density at radius 2 is 2.27 bits per heavy atom. The number of aliphatic hydroxyl groups is 1. The highest BCUT2D eigenvalue weighted by atomic mass is 16.5. The highest BCUT2D eigenvalue weighted by Gasteiger charge is 2.24. The number of rotatable bonds is 5. The van der Waals surface area contributed by atoms with Crippen LogP contribution in [0.15, 0.2) is 0 Å². The molecular weight excluding hydrogens is 196 g/mol. The molecule has 0 aromatic heterocycles. The van der Waals surface area contributed by atoms with Crippen LogP contribution in [-0.2, 0) is 14.2 Å². The average molecular weight is 216 g/mol. The first-order valence-electron chi connectivity index (χ1n) is 5.81. The summed E-state index contributed by atoms with van der Waals surface area (Å²) >= 11 is 0. The molecule has 0 amide bonds. The zero-order chi connectivity index (χ0) is 10.5. The summed E-state index contributed by atoms with van der Waals surface area (Å²) < 4.78 is 16.1. The van der Waals surface area contributed by atoms with Gasteiger partial charge in [0.2, 0.25) is 0 Å². The monoisotopic (exact) mass is 216 g/mol. The Hall–Kier alpha value is -0.160. The molecule has 1 N–H and O–H groups in total. The van der Waals surface area contributed by atoms with Crippen molar-refractivity contribution in [1.29, 1.82) is 0 Å². The molecule has 3 unspecified atom stereocenters. The van der Waals surface area contributed by atoms with Gasteiger partial charge in [0.05, 0.1) is 32.0 Å². The Kier molecular flexibility index (Phi) is 4.38. The van der Waals surface area contributed by atoms with E-state index in [1.807, 2.05) is 0 Å². The van der Waals surface area contributed by atoms with E-state index in [4.69, 9.17) is 14.2 Å². The minimum Gasteiger partial charge on any atom is -0.390 e. The minimum atomic E-state index is -0.381. The van der Waals surface area contributed by atoms with Crippen LogP contribution in [0.5, 0.6) is 0 Å². The first-order valence-corrected chi connectivity index (χ1v) is 5.81. The van der Waals surface area contributed by atoms with E-state index in [-0.39, 0.29) is 18.1 Å². The van der Waals surface area contributed by atoms with Gasteiger partial charge in [-0.3, -0.25) is 0 Å². The summed E-state index contributed by atoms with van der Waals surface area (Å²) in [5.41, 5.74) is 0. The summed E-state index contributed by atoms with van der Waals surface area (Å²) in [4.78, 5) is 0. The second-order valence-corrected chi connectivity index (χ2v) is 4.36. The zero-order valence-electron chi connectivity index (χ0n) is 9.06. The second-order valence-electron chi connectivity index (χ2n) is 4.36. The Balaban J connectivity index is 1.56. The molecular formula is C11H20O4. The maximum absolute atomic E-state index is 9.78. The summed E-state index contributed by atoms with van der Waals surface area (Å²) in [6, 6.07) is 0. The molecule has 3 atom stereocenters. The number of aliphatic hydroxyl groups excluding tert-OH is 1. The Labute approximate surface area is 90.5 Å².